The average Bonchev–Trinajstić information content (AvgIpc) is 2.54. The number of hydrogen-bond donors (Lipinski definition) is 1. The van der Waals surface area contributed by atoms with Crippen molar-refractivity contribution < 1.29 is 27.8 Å². The minimum atomic E-state index is -3.76. The summed E-state index contributed by atoms with van der Waals surface area (Å²) in [5, 5.41) is 9.08. The molecular weight excluding hydrogens is 322 g/mol. The fraction of sp³-hybridized carbons (Fsp3) is 0.533. The van der Waals surface area contributed by atoms with E-state index in [1.165, 1.54) is 30.7 Å². The van der Waals surface area contributed by atoms with Crippen molar-refractivity contribution in [1.82, 2.24) is 4.31 Å². The molecule has 1 saturated heterocycles. The first kappa shape index (κ1) is 17.6. The standard InChI is InChI=1S/C15H21NO6S/c1-21-12-8-11(9-15(17)18)14(10-13(12)22-2)23(19,20)16-6-4-3-5-7-16/h8,10H,3-7,9H2,1-2H3,(H,17,18). The van der Waals surface area contributed by atoms with Crippen LogP contribution in [0, 0.1) is 0 Å². The molecule has 0 saturated carbocycles. The SMILES string of the molecule is COc1cc(CC(=O)O)c(S(=O)(=O)N2CCCCC2)cc1OC. The number of benzene rings is 1. The number of rotatable bonds is 6. The summed E-state index contributed by atoms with van der Waals surface area (Å²) in [5.41, 5.74) is 0.195. The summed E-state index contributed by atoms with van der Waals surface area (Å²) >= 11 is 0. The van der Waals surface area contributed by atoms with Crippen LogP contribution in [0.1, 0.15) is 24.8 Å². The molecule has 1 aromatic carbocycles. The van der Waals surface area contributed by atoms with E-state index in [1.807, 2.05) is 0 Å². The van der Waals surface area contributed by atoms with Gasteiger partial charge in [-0.1, -0.05) is 6.42 Å². The van der Waals surface area contributed by atoms with Gasteiger partial charge in [0.25, 0.3) is 0 Å². The number of nitrogens with zero attached hydrogens (tertiary/aromatic N) is 1. The minimum Gasteiger partial charge on any atom is -0.493 e. The van der Waals surface area contributed by atoms with Crippen LogP contribution in [0.15, 0.2) is 17.0 Å². The van der Waals surface area contributed by atoms with Crippen LogP contribution in [0.25, 0.3) is 0 Å². The molecule has 0 atom stereocenters. The maximum absolute atomic E-state index is 12.9. The number of methoxy groups -OCH3 is 2. The van der Waals surface area contributed by atoms with Gasteiger partial charge in [0.1, 0.15) is 0 Å². The van der Waals surface area contributed by atoms with E-state index in [2.05, 4.69) is 0 Å². The smallest absolute Gasteiger partial charge is 0.307 e. The number of carboxylic acids is 1. The number of ether oxygens (including phenoxy) is 2. The van der Waals surface area contributed by atoms with Gasteiger partial charge in [-0.3, -0.25) is 4.79 Å². The monoisotopic (exact) mass is 343 g/mol. The Morgan fingerprint density at radius 2 is 1.70 bits per heavy atom. The summed E-state index contributed by atoms with van der Waals surface area (Å²) in [5.74, 6) is -0.536. The van der Waals surface area contributed by atoms with Gasteiger partial charge in [-0.25, -0.2) is 8.42 Å². The normalized spacial score (nSPS) is 16.1. The maximum Gasteiger partial charge on any atom is 0.307 e. The quantitative estimate of drug-likeness (QED) is 0.841. The number of aliphatic carboxylic acids is 1. The van der Waals surface area contributed by atoms with Crippen molar-refractivity contribution in [3.8, 4) is 11.5 Å². The summed E-state index contributed by atoms with van der Waals surface area (Å²) in [6.45, 7) is 0.895. The Hall–Kier alpha value is -1.80. The fourth-order valence-corrected chi connectivity index (χ4v) is 4.42. The lowest BCUT2D eigenvalue weighted by Crippen LogP contribution is -2.36. The van der Waals surface area contributed by atoms with E-state index < -0.39 is 22.4 Å². The van der Waals surface area contributed by atoms with Crippen LogP contribution >= 0.6 is 0 Å². The van der Waals surface area contributed by atoms with E-state index in [9.17, 15) is 13.2 Å². The highest BCUT2D eigenvalue weighted by Crippen LogP contribution is 2.35. The molecule has 1 heterocycles. The predicted molar refractivity (Wildman–Crippen MR) is 83.5 cm³/mol. The van der Waals surface area contributed by atoms with Crippen LogP contribution in [-0.4, -0.2) is 51.1 Å². The highest BCUT2D eigenvalue weighted by atomic mass is 32.2. The Kier molecular flexibility index (Phi) is 5.48. The van der Waals surface area contributed by atoms with E-state index in [1.54, 1.807) is 0 Å². The van der Waals surface area contributed by atoms with Gasteiger partial charge >= 0.3 is 5.97 Å². The number of hydrogen-bond acceptors (Lipinski definition) is 5. The van der Waals surface area contributed by atoms with Crippen molar-refractivity contribution in [2.45, 2.75) is 30.6 Å². The molecular formula is C15H21NO6S. The molecule has 7 nitrogen and oxygen atoms in total. The molecule has 1 aliphatic rings. The van der Waals surface area contributed by atoms with E-state index in [0.717, 1.165) is 19.3 Å². The average molecular weight is 343 g/mol. The highest BCUT2D eigenvalue weighted by Gasteiger charge is 2.30. The van der Waals surface area contributed by atoms with Crippen LogP contribution in [0.3, 0.4) is 0 Å². The number of sulfonamides is 1. The van der Waals surface area contributed by atoms with E-state index in [4.69, 9.17) is 14.6 Å². The molecule has 23 heavy (non-hydrogen) atoms. The predicted octanol–water partition coefficient (Wildman–Crippen LogP) is 1.51. The van der Waals surface area contributed by atoms with E-state index in [0.29, 0.717) is 18.8 Å². The summed E-state index contributed by atoms with van der Waals surface area (Å²) in [4.78, 5) is 11.1. The second-order valence-corrected chi connectivity index (χ2v) is 7.26. The lowest BCUT2D eigenvalue weighted by Gasteiger charge is -2.27. The Morgan fingerprint density at radius 1 is 1.13 bits per heavy atom. The van der Waals surface area contributed by atoms with Crippen molar-refractivity contribution >= 4 is 16.0 Å². The molecule has 1 N–H and O–H groups in total. The lowest BCUT2D eigenvalue weighted by atomic mass is 10.1. The summed E-state index contributed by atoms with van der Waals surface area (Å²) in [6.07, 6.45) is 2.21. The van der Waals surface area contributed by atoms with Gasteiger partial charge in [-0.05, 0) is 24.5 Å². The molecule has 0 radical (unpaired) electrons. The van der Waals surface area contributed by atoms with Crippen LogP contribution in [0.2, 0.25) is 0 Å². The molecule has 8 heteroatoms. The van der Waals surface area contributed by atoms with Crippen LogP contribution < -0.4 is 9.47 Å². The third-order valence-corrected chi connectivity index (χ3v) is 5.82. The number of carboxylic acid groups (broad SMARTS) is 1. The Bertz CT molecular complexity index is 679. The minimum absolute atomic E-state index is 0.0283. The van der Waals surface area contributed by atoms with Crippen molar-refractivity contribution in [2.24, 2.45) is 0 Å². The topological polar surface area (TPSA) is 93.1 Å². The third kappa shape index (κ3) is 3.76. The molecule has 0 bridgehead atoms. The Balaban J connectivity index is 2.55. The van der Waals surface area contributed by atoms with Gasteiger partial charge in [0, 0.05) is 19.2 Å². The number of piperidine rings is 1. The summed E-state index contributed by atoms with van der Waals surface area (Å²) < 4.78 is 37.5. The third-order valence-electron chi connectivity index (χ3n) is 3.84. The first-order valence-electron chi connectivity index (χ1n) is 7.37. The molecule has 0 amide bonds. The van der Waals surface area contributed by atoms with Crippen LogP contribution in [0.5, 0.6) is 11.5 Å². The molecule has 0 unspecified atom stereocenters. The Morgan fingerprint density at radius 3 is 2.22 bits per heavy atom. The van der Waals surface area contributed by atoms with Crippen molar-refractivity contribution in [2.75, 3.05) is 27.3 Å². The van der Waals surface area contributed by atoms with Crippen molar-refractivity contribution in [3.05, 3.63) is 17.7 Å². The van der Waals surface area contributed by atoms with E-state index >= 15 is 0 Å². The second-order valence-electron chi connectivity index (χ2n) is 5.35. The summed E-state index contributed by atoms with van der Waals surface area (Å²) in [7, 11) is -0.935. The molecule has 128 valence electrons. The summed E-state index contributed by atoms with van der Waals surface area (Å²) in [6, 6.07) is 2.77. The molecule has 0 aliphatic carbocycles. The molecule has 2 rings (SSSR count). The maximum atomic E-state index is 12.9. The second kappa shape index (κ2) is 7.18. The van der Waals surface area contributed by atoms with Gasteiger partial charge in [-0.2, -0.15) is 4.31 Å². The molecule has 1 aliphatic heterocycles. The first-order valence-corrected chi connectivity index (χ1v) is 8.81. The largest absolute Gasteiger partial charge is 0.493 e. The van der Waals surface area contributed by atoms with Crippen LogP contribution in [-0.2, 0) is 21.2 Å². The van der Waals surface area contributed by atoms with Gasteiger partial charge in [0.2, 0.25) is 10.0 Å². The van der Waals surface area contributed by atoms with Crippen molar-refractivity contribution in [1.29, 1.82) is 0 Å². The van der Waals surface area contributed by atoms with Gasteiger partial charge in [0.05, 0.1) is 25.5 Å². The van der Waals surface area contributed by atoms with Crippen LogP contribution in [0.4, 0.5) is 0 Å². The Labute approximate surface area is 135 Å². The molecule has 0 spiro atoms. The zero-order valence-electron chi connectivity index (χ0n) is 13.2. The van der Waals surface area contributed by atoms with Gasteiger partial charge in [0.15, 0.2) is 11.5 Å². The zero-order chi connectivity index (χ0) is 17.0. The zero-order valence-corrected chi connectivity index (χ0v) is 14.1. The van der Waals surface area contributed by atoms with Gasteiger partial charge in [-0.15, -0.1) is 0 Å². The highest BCUT2D eigenvalue weighted by molar-refractivity contribution is 7.89. The van der Waals surface area contributed by atoms with E-state index in [-0.39, 0.29) is 16.2 Å². The fourth-order valence-electron chi connectivity index (χ4n) is 2.69. The lowest BCUT2D eigenvalue weighted by molar-refractivity contribution is -0.136. The number of carbonyl (C=O) groups is 1. The molecule has 1 fully saturated rings. The molecule has 0 aromatic heterocycles. The first-order chi connectivity index (χ1) is 10.9. The molecule has 1 aromatic rings. The van der Waals surface area contributed by atoms with Gasteiger partial charge < -0.3 is 14.6 Å². The van der Waals surface area contributed by atoms with Crippen molar-refractivity contribution in [3.63, 3.8) is 0 Å².